The minimum Gasteiger partial charge on any atom is -0.361 e. The number of anilines is 1. The molecule has 2 heterocycles. The number of pyridine rings is 1. The number of nitro groups is 1. The Balaban J connectivity index is 1.93. The van der Waals surface area contributed by atoms with Gasteiger partial charge in [0.25, 0.3) is 0 Å². The van der Waals surface area contributed by atoms with E-state index in [1.165, 1.54) is 18.3 Å². The maximum atomic E-state index is 14.0. The first-order valence-electron chi connectivity index (χ1n) is 6.88. The van der Waals surface area contributed by atoms with Crippen molar-refractivity contribution in [1.82, 2.24) is 4.98 Å². The molecule has 5 nitrogen and oxygen atoms in total. The van der Waals surface area contributed by atoms with Crippen LogP contribution in [0.5, 0.6) is 0 Å². The summed E-state index contributed by atoms with van der Waals surface area (Å²) in [7, 11) is 0. The standard InChI is InChI=1S/C15H13F2N3O2/c16-10-3-5-13(17)12(8-10)14-2-1-7-19(14)11-4-6-15(18-9-11)20(21)22/h3-6,8-9,14H,1-2,7H2. The highest BCUT2D eigenvalue weighted by molar-refractivity contribution is 5.50. The van der Waals surface area contributed by atoms with Crippen LogP contribution < -0.4 is 4.90 Å². The van der Waals surface area contributed by atoms with E-state index in [9.17, 15) is 18.9 Å². The number of benzene rings is 1. The lowest BCUT2D eigenvalue weighted by molar-refractivity contribution is -0.389. The zero-order valence-electron chi connectivity index (χ0n) is 11.6. The van der Waals surface area contributed by atoms with E-state index in [-0.39, 0.29) is 11.9 Å². The molecule has 2 aromatic rings. The molecule has 0 bridgehead atoms. The van der Waals surface area contributed by atoms with E-state index < -0.39 is 16.6 Å². The lowest BCUT2D eigenvalue weighted by Crippen LogP contribution is -2.23. The smallest absolute Gasteiger partial charge is 0.361 e. The maximum Gasteiger partial charge on any atom is 0.363 e. The predicted molar refractivity (Wildman–Crippen MR) is 76.6 cm³/mol. The second-order valence-corrected chi connectivity index (χ2v) is 5.15. The summed E-state index contributed by atoms with van der Waals surface area (Å²) in [5.74, 6) is -1.17. The van der Waals surface area contributed by atoms with Crippen molar-refractivity contribution in [3.8, 4) is 0 Å². The third-order valence-corrected chi connectivity index (χ3v) is 3.82. The van der Waals surface area contributed by atoms with Crippen molar-refractivity contribution in [1.29, 1.82) is 0 Å². The molecule has 3 rings (SSSR count). The molecule has 114 valence electrons. The Kier molecular flexibility index (Phi) is 3.70. The Bertz CT molecular complexity index is 706. The van der Waals surface area contributed by atoms with Crippen LogP contribution in [0.15, 0.2) is 36.5 Å². The number of halogens is 2. The van der Waals surface area contributed by atoms with Crippen LogP contribution in [0.3, 0.4) is 0 Å². The SMILES string of the molecule is O=[N+]([O-])c1ccc(N2CCCC2c2cc(F)ccc2F)cn1. The minimum atomic E-state index is -0.572. The minimum absolute atomic E-state index is 0.239. The van der Waals surface area contributed by atoms with Gasteiger partial charge < -0.3 is 15.0 Å². The van der Waals surface area contributed by atoms with Crippen molar-refractivity contribution in [2.24, 2.45) is 0 Å². The van der Waals surface area contributed by atoms with E-state index in [4.69, 9.17) is 0 Å². The van der Waals surface area contributed by atoms with Gasteiger partial charge in [-0.05, 0) is 47.0 Å². The predicted octanol–water partition coefficient (Wildman–Crippen LogP) is 3.61. The number of hydrogen-bond donors (Lipinski definition) is 0. The van der Waals surface area contributed by atoms with Crippen molar-refractivity contribution >= 4 is 11.5 Å². The molecule has 0 saturated carbocycles. The van der Waals surface area contributed by atoms with Crippen molar-refractivity contribution in [2.45, 2.75) is 18.9 Å². The molecule has 1 fully saturated rings. The first kappa shape index (κ1) is 14.4. The fourth-order valence-corrected chi connectivity index (χ4v) is 2.83. The van der Waals surface area contributed by atoms with Gasteiger partial charge in [-0.2, -0.15) is 0 Å². The lowest BCUT2D eigenvalue weighted by atomic mass is 10.0. The van der Waals surface area contributed by atoms with Crippen LogP contribution in [0, 0.1) is 21.7 Å². The van der Waals surface area contributed by atoms with E-state index >= 15 is 0 Å². The van der Waals surface area contributed by atoms with Gasteiger partial charge in [0.1, 0.15) is 11.6 Å². The Morgan fingerprint density at radius 1 is 1.27 bits per heavy atom. The lowest BCUT2D eigenvalue weighted by Gasteiger charge is -2.26. The van der Waals surface area contributed by atoms with Gasteiger partial charge in [-0.1, -0.05) is 0 Å². The summed E-state index contributed by atoms with van der Waals surface area (Å²) in [6.07, 6.45) is 2.92. The first-order valence-corrected chi connectivity index (χ1v) is 6.88. The summed E-state index contributed by atoms with van der Waals surface area (Å²) in [5.41, 5.74) is 0.965. The van der Waals surface area contributed by atoms with Gasteiger partial charge in [-0.15, -0.1) is 0 Å². The van der Waals surface area contributed by atoms with Gasteiger partial charge in [0, 0.05) is 18.2 Å². The molecule has 0 N–H and O–H groups in total. The van der Waals surface area contributed by atoms with Gasteiger partial charge in [0.05, 0.1) is 11.7 Å². The number of aromatic nitrogens is 1. The van der Waals surface area contributed by atoms with E-state index in [0.29, 0.717) is 24.2 Å². The highest BCUT2D eigenvalue weighted by Gasteiger charge is 2.29. The molecule has 22 heavy (non-hydrogen) atoms. The summed E-state index contributed by atoms with van der Waals surface area (Å²) in [4.78, 5) is 15.7. The molecular weight excluding hydrogens is 292 g/mol. The largest absolute Gasteiger partial charge is 0.363 e. The Morgan fingerprint density at radius 3 is 2.77 bits per heavy atom. The zero-order chi connectivity index (χ0) is 15.7. The molecule has 1 atom stereocenters. The van der Waals surface area contributed by atoms with Gasteiger partial charge in [-0.25, -0.2) is 8.78 Å². The van der Waals surface area contributed by atoms with Crippen LogP contribution in [0.25, 0.3) is 0 Å². The zero-order valence-corrected chi connectivity index (χ0v) is 11.6. The van der Waals surface area contributed by atoms with Gasteiger partial charge in [0.2, 0.25) is 0 Å². The van der Waals surface area contributed by atoms with Crippen molar-refractivity contribution in [2.75, 3.05) is 11.4 Å². The fourth-order valence-electron chi connectivity index (χ4n) is 2.83. The van der Waals surface area contributed by atoms with Crippen molar-refractivity contribution in [3.05, 3.63) is 63.8 Å². The monoisotopic (exact) mass is 305 g/mol. The van der Waals surface area contributed by atoms with E-state index in [1.807, 2.05) is 4.90 Å². The molecular formula is C15H13F2N3O2. The van der Waals surface area contributed by atoms with Crippen molar-refractivity contribution in [3.63, 3.8) is 0 Å². The van der Waals surface area contributed by atoms with E-state index in [1.54, 1.807) is 6.07 Å². The normalized spacial score (nSPS) is 17.7. The average Bonchev–Trinajstić information content (AvgIpc) is 2.99. The van der Waals surface area contributed by atoms with E-state index in [2.05, 4.69) is 4.98 Å². The molecule has 1 unspecified atom stereocenters. The van der Waals surface area contributed by atoms with Crippen LogP contribution >= 0.6 is 0 Å². The molecule has 1 aliphatic heterocycles. The van der Waals surface area contributed by atoms with E-state index in [0.717, 1.165) is 18.6 Å². The third-order valence-electron chi connectivity index (χ3n) is 3.82. The van der Waals surface area contributed by atoms with Crippen LogP contribution in [-0.4, -0.2) is 16.5 Å². The van der Waals surface area contributed by atoms with Crippen LogP contribution in [-0.2, 0) is 0 Å². The topological polar surface area (TPSA) is 59.3 Å². The first-order chi connectivity index (χ1) is 10.6. The fraction of sp³-hybridized carbons (Fsp3) is 0.267. The summed E-state index contributed by atoms with van der Waals surface area (Å²) in [5, 5.41) is 10.6. The summed E-state index contributed by atoms with van der Waals surface area (Å²) in [6, 6.07) is 6.02. The van der Waals surface area contributed by atoms with Crippen LogP contribution in [0.2, 0.25) is 0 Å². The molecule has 0 amide bonds. The number of hydrogen-bond acceptors (Lipinski definition) is 4. The third kappa shape index (κ3) is 2.61. The summed E-state index contributed by atoms with van der Waals surface area (Å²) >= 11 is 0. The van der Waals surface area contributed by atoms with Crippen LogP contribution in [0.4, 0.5) is 20.3 Å². The molecule has 0 aliphatic carbocycles. The summed E-state index contributed by atoms with van der Waals surface area (Å²) in [6.45, 7) is 0.667. The molecule has 7 heteroatoms. The molecule has 1 aromatic heterocycles. The molecule has 1 aromatic carbocycles. The van der Waals surface area contributed by atoms with Crippen molar-refractivity contribution < 1.29 is 13.7 Å². The number of rotatable bonds is 3. The average molecular weight is 305 g/mol. The Morgan fingerprint density at radius 2 is 2.09 bits per heavy atom. The molecule has 1 aliphatic rings. The second kappa shape index (κ2) is 5.67. The van der Waals surface area contributed by atoms with Gasteiger partial charge in [-0.3, -0.25) is 0 Å². The molecule has 0 radical (unpaired) electrons. The Labute approximate surface area is 125 Å². The highest BCUT2D eigenvalue weighted by Crippen LogP contribution is 2.37. The Hall–Kier alpha value is -2.57. The molecule has 0 spiro atoms. The quantitative estimate of drug-likeness (QED) is 0.642. The second-order valence-electron chi connectivity index (χ2n) is 5.15. The van der Waals surface area contributed by atoms with Crippen LogP contribution in [0.1, 0.15) is 24.4 Å². The maximum absolute atomic E-state index is 14.0. The molecule has 1 saturated heterocycles. The summed E-state index contributed by atoms with van der Waals surface area (Å²) < 4.78 is 27.4. The number of nitrogens with zero attached hydrogens (tertiary/aromatic N) is 3. The van der Waals surface area contributed by atoms with Gasteiger partial charge >= 0.3 is 5.82 Å². The highest BCUT2D eigenvalue weighted by atomic mass is 19.1. The van der Waals surface area contributed by atoms with Gasteiger partial charge in [0.15, 0.2) is 6.20 Å².